The molecule has 7 nitrogen and oxygen atoms in total. The van der Waals surface area contributed by atoms with E-state index in [1.54, 1.807) is 12.7 Å². The zero-order valence-corrected chi connectivity index (χ0v) is 12.6. The second-order valence-corrected chi connectivity index (χ2v) is 5.94. The van der Waals surface area contributed by atoms with Crippen LogP contribution in [-0.2, 0) is 13.1 Å². The van der Waals surface area contributed by atoms with Crippen LogP contribution in [0.25, 0.3) is 0 Å². The Kier molecular flexibility index (Phi) is 4.28. The molecule has 0 radical (unpaired) electrons. The summed E-state index contributed by atoms with van der Waals surface area (Å²) in [5.74, 6) is 1.78. The average molecular weight is 290 g/mol. The van der Waals surface area contributed by atoms with Crippen molar-refractivity contribution in [2.45, 2.75) is 58.2 Å². The Morgan fingerprint density at radius 1 is 1.38 bits per heavy atom. The smallest absolute Gasteiger partial charge is 0.229 e. The van der Waals surface area contributed by atoms with Gasteiger partial charge in [0.25, 0.3) is 0 Å². The molecule has 114 valence electrons. The molecule has 0 bridgehead atoms. The molecule has 0 aliphatic carbocycles. The van der Waals surface area contributed by atoms with Gasteiger partial charge in [-0.3, -0.25) is 9.58 Å². The normalized spacial score (nSPS) is 20.2. The molecule has 1 saturated heterocycles. The van der Waals surface area contributed by atoms with E-state index in [4.69, 9.17) is 4.52 Å². The molecule has 0 aromatic carbocycles. The molecule has 7 heteroatoms. The summed E-state index contributed by atoms with van der Waals surface area (Å²) in [6.07, 6.45) is 7.02. The number of piperidine rings is 1. The van der Waals surface area contributed by atoms with Crippen LogP contribution in [0.2, 0.25) is 0 Å². The molecule has 1 fully saturated rings. The summed E-state index contributed by atoms with van der Waals surface area (Å²) in [5, 5.41) is 8.31. The number of rotatable bonds is 5. The highest BCUT2D eigenvalue weighted by Crippen LogP contribution is 2.20. The third-order valence-corrected chi connectivity index (χ3v) is 3.94. The van der Waals surface area contributed by atoms with Gasteiger partial charge in [-0.15, -0.1) is 0 Å². The highest BCUT2D eigenvalue weighted by Gasteiger charge is 2.24. The molecule has 3 rings (SSSR count). The highest BCUT2D eigenvalue weighted by molar-refractivity contribution is 4.92. The maximum Gasteiger partial charge on any atom is 0.229 e. The monoisotopic (exact) mass is 290 g/mol. The molecule has 1 aliphatic rings. The van der Waals surface area contributed by atoms with Gasteiger partial charge in [0.05, 0.1) is 13.1 Å². The molecule has 1 aliphatic heterocycles. The van der Waals surface area contributed by atoms with Crippen molar-refractivity contribution in [1.82, 2.24) is 29.8 Å². The third-order valence-electron chi connectivity index (χ3n) is 3.94. The number of hydrogen-bond donors (Lipinski definition) is 0. The van der Waals surface area contributed by atoms with Gasteiger partial charge in [-0.05, 0) is 19.4 Å². The Bertz CT molecular complexity index is 550. The number of likely N-dealkylation sites (tertiary alicyclic amines) is 1. The first-order valence-corrected chi connectivity index (χ1v) is 7.61. The van der Waals surface area contributed by atoms with Crippen LogP contribution in [0, 0.1) is 0 Å². The fourth-order valence-corrected chi connectivity index (χ4v) is 2.77. The minimum Gasteiger partial charge on any atom is -0.339 e. The average Bonchev–Trinajstić information content (AvgIpc) is 3.12. The Balaban J connectivity index is 1.65. The van der Waals surface area contributed by atoms with Crippen LogP contribution in [-0.4, -0.2) is 42.4 Å². The number of nitrogens with zero attached hydrogens (tertiary/aromatic N) is 6. The van der Waals surface area contributed by atoms with Crippen LogP contribution >= 0.6 is 0 Å². The molecule has 1 atom stereocenters. The zero-order valence-electron chi connectivity index (χ0n) is 12.6. The Morgan fingerprint density at radius 3 is 3.00 bits per heavy atom. The summed E-state index contributed by atoms with van der Waals surface area (Å²) in [7, 11) is 0. The van der Waals surface area contributed by atoms with E-state index in [0.717, 1.165) is 31.3 Å². The van der Waals surface area contributed by atoms with Crippen molar-refractivity contribution >= 4 is 0 Å². The maximum absolute atomic E-state index is 5.29. The number of hydrogen-bond acceptors (Lipinski definition) is 6. The minimum absolute atomic E-state index is 0.276. The SMILES string of the molecule is CC(C)c1nc(CN2CCCC[C@H]2Cn2cncn2)no1. The van der Waals surface area contributed by atoms with Gasteiger partial charge in [0.2, 0.25) is 5.89 Å². The first kappa shape index (κ1) is 14.2. The fourth-order valence-electron chi connectivity index (χ4n) is 2.77. The van der Waals surface area contributed by atoms with E-state index < -0.39 is 0 Å². The molecular weight excluding hydrogens is 268 g/mol. The summed E-state index contributed by atoms with van der Waals surface area (Å²) in [6, 6.07) is 0.460. The van der Waals surface area contributed by atoms with E-state index >= 15 is 0 Å². The third kappa shape index (κ3) is 3.47. The number of aromatic nitrogens is 5. The molecule has 0 amide bonds. The van der Waals surface area contributed by atoms with Crippen molar-refractivity contribution in [3.05, 3.63) is 24.4 Å². The highest BCUT2D eigenvalue weighted by atomic mass is 16.5. The topological polar surface area (TPSA) is 72.9 Å². The van der Waals surface area contributed by atoms with E-state index in [2.05, 4.69) is 39.0 Å². The van der Waals surface area contributed by atoms with Crippen LogP contribution < -0.4 is 0 Å². The first-order chi connectivity index (χ1) is 10.2. The lowest BCUT2D eigenvalue weighted by Crippen LogP contribution is -2.41. The van der Waals surface area contributed by atoms with Gasteiger partial charge >= 0.3 is 0 Å². The summed E-state index contributed by atoms with van der Waals surface area (Å²) in [4.78, 5) is 10.9. The van der Waals surface area contributed by atoms with Crippen LogP contribution in [0.1, 0.15) is 50.7 Å². The van der Waals surface area contributed by atoms with Crippen molar-refractivity contribution < 1.29 is 4.52 Å². The van der Waals surface area contributed by atoms with Gasteiger partial charge in [-0.1, -0.05) is 25.4 Å². The molecule has 0 unspecified atom stereocenters. The summed E-state index contributed by atoms with van der Waals surface area (Å²) in [5.41, 5.74) is 0. The summed E-state index contributed by atoms with van der Waals surface area (Å²) < 4.78 is 7.19. The molecule has 2 aromatic rings. The predicted octanol–water partition coefficient (Wildman–Crippen LogP) is 1.84. The minimum atomic E-state index is 0.276. The largest absolute Gasteiger partial charge is 0.339 e. The zero-order chi connectivity index (χ0) is 14.7. The summed E-state index contributed by atoms with van der Waals surface area (Å²) >= 11 is 0. The van der Waals surface area contributed by atoms with Crippen LogP contribution in [0.4, 0.5) is 0 Å². The van der Waals surface area contributed by atoms with Gasteiger partial charge < -0.3 is 4.52 Å². The van der Waals surface area contributed by atoms with Gasteiger partial charge in [0.1, 0.15) is 12.7 Å². The van der Waals surface area contributed by atoms with E-state index in [1.807, 2.05) is 4.68 Å². The van der Waals surface area contributed by atoms with Gasteiger partial charge in [0, 0.05) is 12.0 Å². The second-order valence-electron chi connectivity index (χ2n) is 5.94. The van der Waals surface area contributed by atoms with Crippen LogP contribution in [0.15, 0.2) is 17.2 Å². The Morgan fingerprint density at radius 2 is 2.29 bits per heavy atom. The van der Waals surface area contributed by atoms with Crippen molar-refractivity contribution in [3.8, 4) is 0 Å². The molecule has 21 heavy (non-hydrogen) atoms. The van der Waals surface area contributed by atoms with E-state index in [9.17, 15) is 0 Å². The molecule has 0 saturated carbocycles. The Labute approximate surface area is 124 Å². The van der Waals surface area contributed by atoms with Crippen LogP contribution in [0.3, 0.4) is 0 Å². The lowest BCUT2D eigenvalue weighted by molar-refractivity contribution is 0.117. The molecule has 2 aromatic heterocycles. The molecule has 0 spiro atoms. The molecular formula is C14H22N6O. The molecule has 3 heterocycles. The van der Waals surface area contributed by atoms with Crippen molar-refractivity contribution in [2.75, 3.05) is 6.54 Å². The lowest BCUT2D eigenvalue weighted by atomic mass is 10.0. The standard InChI is InChI=1S/C14H22N6O/c1-11(2)14-17-13(18-21-14)8-19-6-4-3-5-12(19)7-20-10-15-9-16-20/h9-12H,3-8H2,1-2H3/t12-/m0/s1. The van der Waals surface area contributed by atoms with Crippen molar-refractivity contribution in [1.29, 1.82) is 0 Å². The van der Waals surface area contributed by atoms with Crippen molar-refractivity contribution in [3.63, 3.8) is 0 Å². The summed E-state index contributed by atoms with van der Waals surface area (Å²) in [6.45, 7) is 6.81. The second kappa shape index (κ2) is 6.34. The lowest BCUT2D eigenvalue weighted by Gasteiger charge is -2.34. The first-order valence-electron chi connectivity index (χ1n) is 7.61. The fraction of sp³-hybridized carbons (Fsp3) is 0.714. The molecule has 0 N–H and O–H groups in total. The van der Waals surface area contributed by atoms with E-state index in [0.29, 0.717) is 6.04 Å². The predicted molar refractivity (Wildman–Crippen MR) is 76.5 cm³/mol. The van der Waals surface area contributed by atoms with Gasteiger partial charge in [0.15, 0.2) is 5.82 Å². The van der Waals surface area contributed by atoms with Crippen molar-refractivity contribution in [2.24, 2.45) is 0 Å². The van der Waals surface area contributed by atoms with E-state index in [1.165, 1.54) is 19.3 Å². The van der Waals surface area contributed by atoms with Gasteiger partial charge in [-0.25, -0.2) is 4.98 Å². The van der Waals surface area contributed by atoms with Crippen LogP contribution in [0.5, 0.6) is 0 Å². The quantitative estimate of drug-likeness (QED) is 0.836. The maximum atomic E-state index is 5.29. The van der Waals surface area contributed by atoms with Gasteiger partial charge in [-0.2, -0.15) is 10.1 Å². The Hall–Kier alpha value is -1.76. The van der Waals surface area contributed by atoms with E-state index in [-0.39, 0.29) is 5.92 Å².